The summed E-state index contributed by atoms with van der Waals surface area (Å²) in [5.41, 5.74) is 0. The lowest BCUT2D eigenvalue weighted by atomic mass is 10.2. The van der Waals surface area contributed by atoms with Gasteiger partial charge in [0.15, 0.2) is 0 Å². The van der Waals surface area contributed by atoms with Crippen molar-refractivity contribution in [3.63, 3.8) is 0 Å². The molecule has 2 N–H and O–H groups in total. The van der Waals surface area contributed by atoms with E-state index in [-0.39, 0.29) is 0 Å². The van der Waals surface area contributed by atoms with Crippen LogP contribution in [0.4, 0.5) is 0 Å². The molecule has 2 heterocycles. The van der Waals surface area contributed by atoms with Gasteiger partial charge in [0.1, 0.15) is 0 Å². The van der Waals surface area contributed by atoms with Crippen molar-refractivity contribution in [3.8, 4) is 0 Å². The molecule has 120 valence electrons. The van der Waals surface area contributed by atoms with E-state index >= 15 is 0 Å². The molecule has 1 fully saturated rings. The molecule has 0 radical (unpaired) electrons. The van der Waals surface area contributed by atoms with Crippen LogP contribution in [0.15, 0.2) is 30.3 Å². The maximum atomic E-state index is 9.31. The van der Waals surface area contributed by atoms with E-state index in [9.17, 15) is 5.11 Å². The molecular weight excluding hydrogens is 292 g/mol. The van der Waals surface area contributed by atoms with Crippen molar-refractivity contribution in [2.45, 2.75) is 38.3 Å². The number of hydrogen-bond acceptors (Lipinski definition) is 4. The molecule has 3 rings (SSSR count). The fourth-order valence-corrected chi connectivity index (χ4v) is 4.33. The van der Waals surface area contributed by atoms with Crippen molar-refractivity contribution in [2.75, 3.05) is 26.2 Å². The lowest BCUT2D eigenvalue weighted by Gasteiger charge is -2.22. The summed E-state index contributed by atoms with van der Waals surface area (Å²) in [5.74, 6) is 0. The van der Waals surface area contributed by atoms with Crippen LogP contribution in [0.25, 0.3) is 10.1 Å². The Balaban J connectivity index is 1.32. The van der Waals surface area contributed by atoms with Gasteiger partial charge in [0.25, 0.3) is 0 Å². The summed E-state index contributed by atoms with van der Waals surface area (Å²) in [6.45, 7) is 4.68. The van der Waals surface area contributed by atoms with Crippen molar-refractivity contribution in [1.29, 1.82) is 0 Å². The van der Waals surface area contributed by atoms with Gasteiger partial charge in [-0.1, -0.05) is 18.2 Å². The molecule has 1 unspecified atom stereocenters. The van der Waals surface area contributed by atoms with Crippen LogP contribution in [-0.4, -0.2) is 42.3 Å². The van der Waals surface area contributed by atoms with E-state index in [2.05, 4.69) is 40.5 Å². The lowest BCUT2D eigenvalue weighted by molar-refractivity contribution is 0.157. The summed E-state index contributed by atoms with van der Waals surface area (Å²) in [4.78, 5) is 3.87. The molecule has 1 saturated heterocycles. The number of likely N-dealkylation sites (tertiary alicyclic amines) is 1. The molecule has 0 aliphatic carbocycles. The third kappa shape index (κ3) is 4.07. The fourth-order valence-electron chi connectivity index (χ4n) is 3.30. The van der Waals surface area contributed by atoms with Gasteiger partial charge in [-0.2, -0.15) is 0 Å². The molecule has 1 aliphatic rings. The highest BCUT2D eigenvalue weighted by atomic mass is 32.1. The van der Waals surface area contributed by atoms with E-state index in [1.165, 1.54) is 47.2 Å². The molecule has 1 atom stereocenters. The van der Waals surface area contributed by atoms with E-state index in [1.54, 1.807) is 0 Å². The van der Waals surface area contributed by atoms with Gasteiger partial charge in [-0.25, -0.2) is 0 Å². The molecule has 4 heteroatoms. The van der Waals surface area contributed by atoms with Gasteiger partial charge in [-0.3, -0.25) is 4.90 Å². The molecule has 1 aliphatic heterocycles. The first-order valence-electron chi connectivity index (χ1n) is 8.40. The molecule has 0 spiro atoms. The molecule has 1 aromatic heterocycles. The first-order chi connectivity index (χ1) is 10.9. The van der Waals surface area contributed by atoms with Gasteiger partial charge in [0.05, 0.1) is 6.61 Å². The quantitative estimate of drug-likeness (QED) is 0.734. The Kier molecular flexibility index (Phi) is 5.84. The molecule has 2 aromatic rings. The van der Waals surface area contributed by atoms with Crippen molar-refractivity contribution >= 4 is 21.4 Å². The molecule has 3 nitrogen and oxygen atoms in total. The number of rotatable bonds is 8. The Morgan fingerprint density at radius 1 is 1.27 bits per heavy atom. The smallest absolute Gasteiger partial charge is 0.0586 e. The fraction of sp³-hybridized carbons (Fsp3) is 0.556. The van der Waals surface area contributed by atoms with Gasteiger partial charge < -0.3 is 10.4 Å². The number of nitrogens with zero attached hydrogens (tertiary/aromatic N) is 1. The third-order valence-corrected chi connectivity index (χ3v) is 5.65. The minimum Gasteiger partial charge on any atom is -0.395 e. The first-order valence-corrected chi connectivity index (χ1v) is 9.21. The number of benzene rings is 1. The van der Waals surface area contributed by atoms with Gasteiger partial charge in [-0.05, 0) is 62.8 Å². The number of aliphatic hydroxyl groups is 1. The third-order valence-electron chi connectivity index (χ3n) is 4.53. The number of thiophene rings is 1. The summed E-state index contributed by atoms with van der Waals surface area (Å²) >= 11 is 1.89. The van der Waals surface area contributed by atoms with Gasteiger partial charge in [-0.15, -0.1) is 11.3 Å². The van der Waals surface area contributed by atoms with Crippen LogP contribution in [-0.2, 0) is 6.54 Å². The zero-order valence-corrected chi connectivity index (χ0v) is 13.9. The van der Waals surface area contributed by atoms with E-state index in [1.807, 2.05) is 11.3 Å². The predicted octanol–water partition coefficient (Wildman–Crippen LogP) is 3.23. The maximum absolute atomic E-state index is 9.31. The monoisotopic (exact) mass is 318 g/mol. The number of hydrogen-bond donors (Lipinski definition) is 2. The number of fused-ring (bicyclic) bond motifs is 1. The molecule has 0 saturated carbocycles. The second kappa shape index (κ2) is 8.06. The molecule has 0 amide bonds. The second-order valence-electron chi connectivity index (χ2n) is 6.15. The van der Waals surface area contributed by atoms with Crippen LogP contribution in [0.5, 0.6) is 0 Å². The molecule has 0 bridgehead atoms. The summed E-state index contributed by atoms with van der Waals surface area (Å²) in [6, 6.07) is 11.3. The number of aliphatic hydroxyl groups excluding tert-OH is 1. The number of nitrogens with one attached hydrogen (secondary N) is 1. The van der Waals surface area contributed by atoms with Crippen molar-refractivity contribution in [2.24, 2.45) is 0 Å². The van der Waals surface area contributed by atoms with Crippen LogP contribution in [0.3, 0.4) is 0 Å². The maximum Gasteiger partial charge on any atom is 0.0586 e. The summed E-state index contributed by atoms with van der Waals surface area (Å²) in [7, 11) is 0. The van der Waals surface area contributed by atoms with E-state index < -0.39 is 0 Å². The van der Waals surface area contributed by atoms with Crippen molar-refractivity contribution in [3.05, 3.63) is 35.2 Å². The topological polar surface area (TPSA) is 35.5 Å². The van der Waals surface area contributed by atoms with E-state index in [4.69, 9.17) is 0 Å². The summed E-state index contributed by atoms with van der Waals surface area (Å²) in [6.07, 6.45) is 4.84. The SMILES string of the molecule is OCC1CCCN1CCCCNCc1cc2ccccc2s1. The first kappa shape index (κ1) is 15.9. The summed E-state index contributed by atoms with van der Waals surface area (Å²) < 4.78 is 1.38. The highest BCUT2D eigenvalue weighted by Gasteiger charge is 2.22. The average Bonchev–Trinajstić information content (AvgIpc) is 3.16. The van der Waals surface area contributed by atoms with Crippen molar-refractivity contribution < 1.29 is 5.11 Å². The minimum atomic E-state index is 0.324. The highest BCUT2D eigenvalue weighted by Crippen LogP contribution is 2.25. The van der Waals surface area contributed by atoms with Gasteiger partial charge in [0, 0.05) is 22.2 Å². The minimum absolute atomic E-state index is 0.324. The van der Waals surface area contributed by atoms with E-state index in [0.717, 1.165) is 19.6 Å². The van der Waals surface area contributed by atoms with Crippen LogP contribution in [0, 0.1) is 0 Å². The Morgan fingerprint density at radius 3 is 3.05 bits per heavy atom. The normalized spacial score (nSPS) is 19.2. The number of unbranched alkanes of at least 4 members (excludes halogenated alkanes) is 1. The zero-order valence-electron chi connectivity index (χ0n) is 13.1. The van der Waals surface area contributed by atoms with Crippen LogP contribution < -0.4 is 5.32 Å². The van der Waals surface area contributed by atoms with Crippen LogP contribution in [0.2, 0.25) is 0 Å². The standard InChI is InChI=1S/C18H26N2OS/c21-14-16-7-5-11-20(16)10-4-3-9-19-13-17-12-15-6-1-2-8-18(15)22-17/h1-2,6,8,12,16,19,21H,3-5,7,9-11,13-14H2. The molecule has 22 heavy (non-hydrogen) atoms. The average molecular weight is 318 g/mol. The molecular formula is C18H26N2OS. The Bertz CT molecular complexity index is 550. The lowest BCUT2D eigenvalue weighted by Crippen LogP contribution is -2.33. The van der Waals surface area contributed by atoms with Crippen LogP contribution >= 0.6 is 11.3 Å². The Hall–Kier alpha value is -0.940. The largest absolute Gasteiger partial charge is 0.395 e. The van der Waals surface area contributed by atoms with Gasteiger partial charge in [0.2, 0.25) is 0 Å². The predicted molar refractivity (Wildman–Crippen MR) is 94.4 cm³/mol. The molecule has 1 aromatic carbocycles. The Labute approximate surface area is 137 Å². The Morgan fingerprint density at radius 2 is 2.18 bits per heavy atom. The van der Waals surface area contributed by atoms with Gasteiger partial charge >= 0.3 is 0 Å². The van der Waals surface area contributed by atoms with E-state index in [0.29, 0.717) is 12.6 Å². The zero-order chi connectivity index (χ0) is 15.2. The van der Waals surface area contributed by atoms with Crippen LogP contribution in [0.1, 0.15) is 30.6 Å². The highest BCUT2D eigenvalue weighted by molar-refractivity contribution is 7.19. The second-order valence-corrected chi connectivity index (χ2v) is 7.32. The van der Waals surface area contributed by atoms with Crippen molar-refractivity contribution in [1.82, 2.24) is 10.2 Å². The summed E-state index contributed by atoms with van der Waals surface area (Å²) in [5, 5.41) is 14.2.